The van der Waals surface area contributed by atoms with Crippen LogP contribution in [0.15, 0.2) is 23.1 Å². The predicted octanol–water partition coefficient (Wildman–Crippen LogP) is 1.86. The second kappa shape index (κ2) is 5.85. The molecule has 1 atom stereocenters. The average molecular weight is 332 g/mol. The van der Waals surface area contributed by atoms with Gasteiger partial charge in [0.25, 0.3) is 0 Å². The van der Waals surface area contributed by atoms with E-state index in [0.29, 0.717) is 29.7 Å². The molecule has 0 aliphatic carbocycles. The fourth-order valence-electron chi connectivity index (χ4n) is 2.85. The van der Waals surface area contributed by atoms with Gasteiger partial charge in [-0.3, -0.25) is 4.90 Å². The van der Waals surface area contributed by atoms with Gasteiger partial charge in [0.15, 0.2) is 16.1 Å². The summed E-state index contributed by atoms with van der Waals surface area (Å²) < 4.78 is 35.3. The maximum atomic E-state index is 12.2. The number of hydrogen-bond donors (Lipinski definition) is 0. The summed E-state index contributed by atoms with van der Waals surface area (Å²) >= 11 is 6.01. The van der Waals surface area contributed by atoms with Crippen molar-refractivity contribution in [3.8, 4) is 0 Å². The van der Waals surface area contributed by atoms with E-state index in [2.05, 4.69) is 0 Å². The first-order valence-corrected chi connectivity index (χ1v) is 8.96. The quantitative estimate of drug-likeness (QED) is 0.843. The Morgan fingerprint density at radius 2 is 2.05 bits per heavy atom. The topological polar surface area (TPSA) is 55.8 Å². The zero-order valence-corrected chi connectivity index (χ0v) is 13.4. The first kappa shape index (κ1) is 15.2. The maximum Gasteiger partial charge on any atom is 0.180 e. The summed E-state index contributed by atoms with van der Waals surface area (Å²) in [5.41, 5.74) is 0.790. The van der Waals surface area contributed by atoms with Gasteiger partial charge in [0.05, 0.1) is 29.9 Å². The minimum Gasteiger partial charge on any atom is -0.350 e. The molecule has 1 saturated heterocycles. The van der Waals surface area contributed by atoms with Gasteiger partial charge in [-0.2, -0.15) is 0 Å². The Labute approximate surface area is 129 Å². The second-order valence-electron chi connectivity index (χ2n) is 5.42. The Balaban J connectivity index is 1.75. The van der Waals surface area contributed by atoms with Crippen molar-refractivity contribution in [3.05, 3.63) is 28.8 Å². The van der Waals surface area contributed by atoms with Crippen molar-refractivity contribution in [2.75, 3.05) is 32.6 Å². The van der Waals surface area contributed by atoms with Gasteiger partial charge >= 0.3 is 0 Å². The van der Waals surface area contributed by atoms with E-state index < -0.39 is 9.84 Å². The number of ether oxygens (including phenoxy) is 2. The van der Waals surface area contributed by atoms with E-state index in [1.54, 1.807) is 18.2 Å². The van der Waals surface area contributed by atoms with Crippen LogP contribution in [0, 0.1) is 0 Å². The average Bonchev–Trinajstić information content (AvgIpc) is 3.02. The molecule has 0 N–H and O–H groups in total. The van der Waals surface area contributed by atoms with Gasteiger partial charge in [-0.25, -0.2) is 8.42 Å². The summed E-state index contributed by atoms with van der Waals surface area (Å²) in [7, 11) is -1.29. The molecule has 1 aromatic rings. The van der Waals surface area contributed by atoms with Gasteiger partial charge in [0.1, 0.15) is 0 Å². The summed E-state index contributed by atoms with van der Waals surface area (Å²) in [5.74, 6) is 0.103. The van der Waals surface area contributed by atoms with E-state index in [-0.39, 0.29) is 18.1 Å². The van der Waals surface area contributed by atoms with Crippen molar-refractivity contribution in [1.29, 1.82) is 0 Å². The number of fused-ring (bicyclic) bond motifs is 1. The molecule has 21 heavy (non-hydrogen) atoms. The molecule has 0 spiro atoms. The van der Waals surface area contributed by atoms with E-state index in [0.717, 1.165) is 12.0 Å². The lowest BCUT2D eigenvalue weighted by atomic mass is 10.1. The van der Waals surface area contributed by atoms with E-state index >= 15 is 0 Å². The predicted molar refractivity (Wildman–Crippen MR) is 79.2 cm³/mol. The smallest absolute Gasteiger partial charge is 0.180 e. The van der Waals surface area contributed by atoms with Gasteiger partial charge in [0, 0.05) is 18.0 Å². The molecule has 0 unspecified atom stereocenters. The molecule has 0 amide bonds. The standard InChI is InChI=1S/C14H18ClNO4S/c1-16(5-4-14-19-6-7-20-14)12-9-21(17,18)13-3-2-10(15)8-11(12)13/h2-3,8,12,14H,4-7,9H2,1H3/t12-/m0/s1. The molecule has 2 aliphatic rings. The Kier molecular flexibility index (Phi) is 4.25. The fourth-order valence-corrected chi connectivity index (χ4v) is 4.89. The maximum absolute atomic E-state index is 12.2. The molecule has 1 fully saturated rings. The minimum atomic E-state index is -3.22. The Bertz CT molecular complexity index is 628. The summed E-state index contributed by atoms with van der Waals surface area (Å²) in [6.07, 6.45) is 0.549. The van der Waals surface area contributed by atoms with Crippen molar-refractivity contribution < 1.29 is 17.9 Å². The molecular formula is C14H18ClNO4S. The first-order chi connectivity index (χ1) is 9.97. The molecule has 1 aromatic carbocycles. The van der Waals surface area contributed by atoms with Crippen LogP contribution in [0.1, 0.15) is 18.0 Å². The van der Waals surface area contributed by atoms with Crippen molar-refractivity contribution in [1.82, 2.24) is 4.90 Å². The number of rotatable bonds is 4. The number of nitrogens with zero attached hydrogens (tertiary/aromatic N) is 1. The van der Waals surface area contributed by atoms with Crippen molar-refractivity contribution in [3.63, 3.8) is 0 Å². The van der Waals surface area contributed by atoms with Crippen LogP contribution in [-0.4, -0.2) is 52.2 Å². The number of benzene rings is 1. The zero-order chi connectivity index (χ0) is 15.0. The van der Waals surface area contributed by atoms with Crippen molar-refractivity contribution in [2.45, 2.75) is 23.6 Å². The third-order valence-corrected chi connectivity index (χ3v) is 6.02. The van der Waals surface area contributed by atoms with Crippen molar-refractivity contribution in [2.24, 2.45) is 0 Å². The highest BCUT2D eigenvalue weighted by Crippen LogP contribution is 2.38. The summed E-state index contributed by atoms with van der Waals surface area (Å²) in [6, 6.07) is 4.82. The number of halogens is 1. The third kappa shape index (κ3) is 3.10. The first-order valence-electron chi connectivity index (χ1n) is 6.93. The molecule has 0 saturated carbocycles. The van der Waals surface area contributed by atoms with E-state index in [4.69, 9.17) is 21.1 Å². The Hall–Kier alpha value is -0.660. The molecular weight excluding hydrogens is 314 g/mol. The normalized spacial score (nSPS) is 24.6. The van der Waals surface area contributed by atoms with Crippen LogP contribution in [0.5, 0.6) is 0 Å². The molecule has 0 radical (unpaired) electrons. The Morgan fingerprint density at radius 1 is 1.33 bits per heavy atom. The Morgan fingerprint density at radius 3 is 2.76 bits per heavy atom. The molecule has 116 valence electrons. The SMILES string of the molecule is CN(CCC1OCCO1)[C@H]1CS(=O)(=O)c2ccc(Cl)cc21. The number of hydrogen-bond acceptors (Lipinski definition) is 5. The molecule has 5 nitrogen and oxygen atoms in total. The van der Waals surface area contributed by atoms with Gasteiger partial charge in [-0.05, 0) is 30.8 Å². The highest BCUT2D eigenvalue weighted by atomic mass is 35.5. The molecule has 2 aliphatic heterocycles. The molecule has 7 heteroatoms. The molecule has 3 rings (SSSR count). The van der Waals surface area contributed by atoms with Crippen LogP contribution in [0.3, 0.4) is 0 Å². The van der Waals surface area contributed by atoms with Crippen molar-refractivity contribution >= 4 is 21.4 Å². The molecule has 0 aromatic heterocycles. The van der Waals surface area contributed by atoms with Gasteiger partial charge in [0.2, 0.25) is 0 Å². The van der Waals surface area contributed by atoms with Crippen LogP contribution in [0.2, 0.25) is 5.02 Å². The second-order valence-corrected chi connectivity index (χ2v) is 7.86. The highest BCUT2D eigenvalue weighted by Gasteiger charge is 2.37. The molecule has 2 heterocycles. The van der Waals surface area contributed by atoms with Crippen LogP contribution in [-0.2, 0) is 19.3 Å². The number of sulfone groups is 1. The third-order valence-electron chi connectivity index (χ3n) is 3.98. The largest absolute Gasteiger partial charge is 0.350 e. The summed E-state index contributed by atoms with van der Waals surface area (Å²) in [4.78, 5) is 2.43. The fraction of sp³-hybridized carbons (Fsp3) is 0.571. The van der Waals surface area contributed by atoms with Gasteiger partial charge in [-0.1, -0.05) is 11.6 Å². The summed E-state index contributed by atoms with van der Waals surface area (Å²) in [6.45, 7) is 1.96. The minimum absolute atomic E-state index is 0.103. The highest BCUT2D eigenvalue weighted by molar-refractivity contribution is 7.91. The van der Waals surface area contributed by atoms with Gasteiger partial charge < -0.3 is 9.47 Å². The lowest BCUT2D eigenvalue weighted by Crippen LogP contribution is -2.29. The van der Waals surface area contributed by atoms with Crippen LogP contribution < -0.4 is 0 Å². The monoisotopic (exact) mass is 331 g/mol. The van der Waals surface area contributed by atoms with E-state index in [1.165, 1.54) is 0 Å². The van der Waals surface area contributed by atoms with Crippen LogP contribution in [0.25, 0.3) is 0 Å². The van der Waals surface area contributed by atoms with E-state index in [1.807, 2.05) is 11.9 Å². The lowest BCUT2D eigenvalue weighted by molar-refractivity contribution is -0.0518. The lowest BCUT2D eigenvalue weighted by Gasteiger charge is -2.25. The van der Waals surface area contributed by atoms with E-state index in [9.17, 15) is 8.42 Å². The summed E-state index contributed by atoms with van der Waals surface area (Å²) in [5, 5.41) is 0.562. The van der Waals surface area contributed by atoms with Crippen LogP contribution >= 0.6 is 11.6 Å². The van der Waals surface area contributed by atoms with Gasteiger partial charge in [-0.15, -0.1) is 0 Å². The van der Waals surface area contributed by atoms with Crippen LogP contribution in [0.4, 0.5) is 0 Å². The molecule has 0 bridgehead atoms. The zero-order valence-electron chi connectivity index (χ0n) is 11.8.